The molecule has 1 heterocycles. The molecule has 1 aromatic heterocycles. The van der Waals surface area contributed by atoms with Crippen LogP contribution in [-0.2, 0) is 11.3 Å². The number of nitrogens with zero attached hydrogens (tertiary/aromatic N) is 1. The SMILES string of the molecule is CC(NC(=O)CCNC(=O)NCc1ccccc1)c1cccnc1. The summed E-state index contributed by atoms with van der Waals surface area (Å²) >= 11 is 0. The third kappa shape index (κ3) is 6.08. The van der Waals surface area contributed by atoms with Crippen LogP contribution < -0.4 is 16.0 Å². The van der Waals surface area contributed by atoms with Gasteiger partial charge in [-0.15, -0.1) is 0 Å². The Labute approximate surface area is 141 Å². The van der Waals surface area contributed by atoms with Crippen LogP contribution in [0.3, 0.4) is 0 Å². The zero-order chi connectivity index (χ0) is 17.2. The second-order valence-electron chi connectivity index (χ2n) is 5.42. The van der Waals surface area contributed by atoms with E-state index in [1.807, 2.05) is 49.4 Å². The minimum atomic E-state index is -0.285. The maximum absolute atomic E-state index is 11.9. The number of hydrogen-bond acceptors (Lipinski definition) is 3. The first-order chi connectivity index (χ1) is 11.6. The van der Waals surface area contributed by atoms with Crippen molar-refractivity contribution in [3.63, 3.8) is 0 Å². The van der Waals surface area contributed by atoms with Crippen molar-refractivity contribution in [2.45, 2.75) is 25.9 Å². The summed E-state index contributed by atoms with van der Waals surface area (Å²) in [6, 6.07) is 13.0. The number of nitrogens with one attached hydrogen (secondary N) is 3. The van der Waals surface area contributed by atoms with Crippen molar-refractivity contribution in [1.29, 1.82) is 0 Å². The van der Waals surface area contributed by atoms with Crippen LogP contribution in [-0.4, -0.2) is 23.5 Å². The predicted molar refractivity (Wildman–Crippen MR) is 92.1 cm³/mol. The van der Waals surface area contributed by atoms with E-state index < -0.39 is 0 Å². The number of aromatic nitrogens is 1. The summed E-state index contributed by atoms with van der Waals surface area (Å²) in [4.78, 5) is 27.6. The van der Waals surface area contributed by atoms with Gasteiger partial charge in [0.2, 0.25) is 5.91 Å². The van der Waals surface area contributed by atoms with E-state index in [0.717, 1.165) is 11.1 Å². The Morgan fingerprint density at radius 2 is 1.88 bits per heavy atom. The maximum atomic E-state index is 11.9. The van der Waals surface area contributed by atoms with E-state index >= 15 is 0 Å². The summed E-state index contributed by atoms with van der Waals surface area (Å²) in [5.74, 6) is -0.116. The summed E-state index contributed by atoms with van der Waals surface area (Å²) in [7, 11) is 0. The van der Waals surface area contributed by atoms with Crippen LogP contribution in [0.2, 0.25) is 0 Å². The Hall–Kier alpha value is -2.89. The molecule has 0 saturated heterocycles. The van der Waals surface area contributed by atoms with Gasteiger partial charge in [0.15, 0.2) is 0 Å². The van der Waals surface area contributed by atoms with Crippen molar-refractivity contribution < 1.29 is 9.59 Å². The molecule has 6 nitrogen and oxygen atoms in total. The summed E-state index contributed by atoms with van der Waals surface area (Å²) in [6.07, 6.45) is 3.64. The third-order valence-corrected chi connectivity index (χ3v) is 3.50. The third-order valence-electron chi connectivity index (χ3n) is 3.50. The smallest absolute Gasteiger partial charge is 0.315 e. The lowest BCUT2D eigenvalue weighted by atomic mass is 10.1. The number of amides is 3. The topological polar surface area (TPSA) is 83.1 Å². The lowest BCUT2D eigenvalue weighted by Crippen LogP contribution is -2.37. The van der Waals surface area contributed by atoms with E-state index in [1.54, 1.807) is 12.4 Å². The minimum Gasteiger partial charge on any atom is -0.349 e. The molecule has 0 spiro atoms. The van der Waals surface area contributed by atoms with Gasteiger partial charge in [-0.05, 0) is 24.1 Å². The highest BCUT2D eigenvalue weighted by Gasteiger charge is 2.09. The van der Waals surface area contributed by atoms with Gasteiger partial charge >= 0.3 is 6.03 Å². The summed E-state index contributed by atoms with van der Waals surface area (Å²) in [6.45, 7) is 2.64. The molecule has 6 heteroatoms. The Balaban J connectivity index is 1.62. The van der Waals surface area contributed by atoms with Gasteiger partial charge in [-0.25, -0.2) is 4.79 Å². The number of pyridine rings is 1. The van der Waals surface area contributed by atoms with Gasteiger partial charge in [0.25, 0.3) is 0 Å². The zero-order valence-corrected chi connectivity index (χ0v) is 13.7. The zero-order valence-electron chi connectivity index (χ0n) is 13.7. The summed E-state index contributed by atoms with van der Waals surface area (Å²) in [5.41, 5.74) is 1.97. The van der Waals surface area contributed by atoms with Crippen molar-refractivity contribution >= 4 is 11.9 Å². The molecule has 126 valence electrons. The monoisotopic (exact) mass is 326 g/mol. The highest BCUT2D eigenvalue weighted by atomic mass is 16.2. The summed E-state index contributed by atoms with van der Waals surface area (Å²) < 4.78 is 0. The molecule has 0 aliphatic heterocycles. The first kappa shape index (κ1) is 17.5. The minimum absolute atomic E-state index is 0.113. The van der Waals surface area contributed by atoms with E-state index in [0.29, 0.717) is 6.54 Å². The Kier molecular flexibility index (Phi) is 6.76. The Morgan fingerprint density at radius 1 is 1.08 bits per heavy atom. The molecule has 0 fully saturated rings. The molecule has 3 amide bonds. The molecule has 0 radical (unpaired) electrons. The van der Waals surface area contributed by atoms with Gasteiger partial charge in [-0.1, -0.05) is 36.4 Å². The van der Waals surface area contributed by atoms with Crippen molar-refractivity contribution in [3.8, 4) is 0 Å². The quantitative estimate of drug-likeness (QED) is 0.729. The molecule has 24 heavy (non-hydrogen) atoms. The highest BCUT2D eigenvalue weighted by molar-refractivity contribution is 5.78. The van der Waals surface area contributed by atoms with Gasteiger partial charge in [-0.3, -0.25) is 9.78 Å². The highest BCUT2D eigenvalue weighted by Crippen LogP contribution is 2.09. The van der Waals surface area contributed by atoms with Crippen LogP contribution in [0.4, 0.5) is 4.79 Å². The van der Waals surface area contributed by atoms with Gasteiger partial charge in [0.05, 0.1) is 6.04 Å². The fourth-order valence-electron chi connectivity index (χ4n) is 2.16. The normalized spacial score (nSPS) is 11.4. The van der Waals surface area contributed by atoms with E-state index in [1.165, 1.54) is 0 Å². The number of carbonyl (C=O) groups is 2. The first-order valence-electron chi connectivity index (χ1n) is 7.90. The predicted octanol–water partition coefficient (Wildman–Crippen LogP) is 2.15. The van der Waals surface area contributed by atoms with Crippen molar-refractivity contribution in [2.24, 2.45) is 0 Å². The Bertz CT molecular complexity index is 647. The van der Waals surface area contributed by atoms with Crippen molar-refractivity contribution in [1.82, 2.24) is 20.9 Å². The molecule has 3 N–H and O–H groups in total. The number of benzene rings is 1. The van der Waals surface area contributed by atoms with E-state index in [4.69, 9.17) is 0 Å². The van der Waals surface area contributed by atoms with Crippen molar-refractivity contribution in [3.05, 3.63) is 66.0 Å². The summed E-state index contributed by atoms with van der Waals surface area (Å²) in [5, 5.41) is 8.30. The molecule has 1 aromatic carbocycles. The first-order valence-corrected chi connectivity index (χ1v) is 7.90. The fraction of sp³-hybridized carbons (Fsp3) is 0.278. The molecule has 0 saturated carbocycles. The fourth-order valence-corrected chi connectivity index (χ4v) is 2.16. The van der Waals surface area contributed by atoms with Crippen molar-refractivity contribution in [2.75, 3.05) is 6.54 Å². The van der Waals surface area contributed by atoms with Gasteiger partial charge in [0.1, 0.15) is 0 Å². The molecule has 0 aliphatic carbocycles. The lowest BCUT2D eigenvalue weighted by Gasteiger charge is -2.14. The molecule has 2 aromatic rings. The number of rotatable bonds is 7. The largest absolute Gasteiger partial charge is 0.349 e. The van der Waals surface area contributed by atoms with E-state index in [2.05, 4.69) is 20.9 Å². The van der Waals surface area contributed by atoms with Crippen LogP contribution in [0.1, 0.15) is 30.5 Å². The van der Waals surface area contributed by atoms with Gasteiger partial charge < -0.3 is 16.0 Å². The van der Waals surface area contributed by atoms with Gasteiger partial charge in [0, 0.05) is 31.9 Å². The molecule has 1 unspecified atom stereocenters. The second kappa shape index (κ2) is 9.29. The van der Waals surface area contributed by atoms with Crippen LogP contribution in [0.15, 0.2) is 54.9 Å². The average Bonchev–Trinajstić information content (AvgIpc) is 2.61. The Morgan fingerprint density at radius 3 is 2.58 bits per heavy atom. The van der Waals surface area contributed by atoms with Gasteiger partial charge in [-0.2, -0.15) is 0 Å². The number of urea groups is 1. The lowest BCUT2D eigenvalue weighted by molar-refractivity contribution is -0.121. The van der Waals surface area contributed by atoms with Crippen LogP contribution in [0.5, 0.6) is 0 Å². The van der Waals surface area contributed by atoms with Crippen LogP contribution in [0.25, 0.3) is 0 Å². The van der Waals surface area contributed by atoms with Crippen LogP contribution in [0, 0.1) is 0 Å². The standard InChI is InChI=1S/C18H22N4O2/c1-14(16-8-5-10-19-13-16)22-17(23)9-11-20-18(24)21-12-15-6-3-2-4-7-15/h2-8,10,13-14H,9,11-12H2,1H3,(H,22,23)(H2,20,21,24). The molecule has 0 aliphatic rings. The van der Waals surface area contributed by atoms with E-state index in [-0.39, 0.29) is 30.9 Å². The molecular weight excluding hydrogens is 304 g/mol. The molecule has 0 bridgehead atoms. The maximum Gasteiger partial charge on any atom is 0.315 e. The molecular formula is C18H22N4O2. The number of carbonyl (C=O) groups excluding carboxylic acids is 2. The van der Waals surface area contributed by atoms with Crippen LogP contribution >= 0.6 is 0 Å². The molecule has 1 atom stereocenters. The average molecular weight is 326 g/mol. The van der Waals surface area contributed by atoms with E-state index in [9.17, 15) is 9.59 Å². The number of hydrogen-bond donors (Lipinski definition) is 3. The molecule has 2 rings (SSSR count). The second-order valence-corrected chi connectivity index (χ2v) is 5.42.